The van der Waals surface area contributed by atoms with Gasteiger partial charge in [-0.15, -0.1) is 0 Å². The highest BCUT2D eigenvalue weighted by Crippen LogP contribution is 2.30. The standard InChI is InChI=1S/C16H20BrFN2O/c1-16(2,3)15-12(9-20(4)19-15)14(21)7-10-5-6-11(17)8-13(10)18/h5-6,8-9,14,21H,7H2,1-4H3. The van der Waals surface area contributed by atoms with Crippen molar-refractivity contribution in [2.75, 3.05) is 0 Å². The minimum absolute atomic E-state index is 0.171. The van der Waals surface area contributed by atoms with Crippen LogP contribution < -0.4 is 0 Å². The van der Waals surface area contributed by atoms with Gasteiger partial charge in [0.1, 0.15) is 5.82 Å². The van der Waals surface area contributed by atoms with Gasteiger partial charge in [0.15, 0.2) is 0 Å². The first-order valence-corrected chi connectivity index (χ1v) is 7.64. The summed E-state index contributed by atoms with van der Waals surface area (Å²) in [6.45, 7) is 6.14. The van der Waals surface area contributed by atoms with Crippen LogP contribution in [0.3, 0.4) is 0 Å². The van der Waals surface area contributed by atoms with E-state index in [1.54, 1.807) is 16.8 Å². The third kappa shape index (κ3) is 3.71. The van der Waals surface area contributed by atoms with Gasteiger partial charge in [-0.05, 0) is 17.7 Å². The Hall–Kier alpha value is -1.20. The number of hydrogen-bond donors (Lipinski definition) is 1. The number of hydrogen-bond acceptors (Lipinski definition) is 2. The normalized spacial score (nSPS) is 13.5. The summed E-state index contributed by atoms with van der Waals surface area (Å²) in [5.74, 6) is -0.315. The van der Waals surface area contributed by atoms with Crippen LogP contribution in [0.5, 0.6) is 0 Å². The smallest absolute Gasteiger partial charge is 0.127 e. The number of nitrogens with zero attached hydrogens (tertiary/aromatic N) is 2. The van der Waals surface area contributed by atoms with E-state index in [-0.39, 0.29) is 17.7 Å². The fourth-order valence-corrected chi connectivity index (χ4v) is 2.67. The molecule has 0 saturated carbocycles. The molecule has 1 unspecified atom stereocenters. The highest BCUT2D eigenvalue weighted by atomic mass is 79.9. The number of halogens is 2. The third-order valence-electron chi connectivity index (χ3n) is 3.35. The molecule has 2 aromatic rings. The zero-order valence-corrected chi connectivity index (χ0v) is 14.3. The Balaban J connectivity index is 2.30. The predicted molar refractivity (Wildman–Crippen MR) is 84.7 cm³/mol. The van der Waals surface area contributed by atoms with Crippen molar-refractivity contribution in [1.29, 1.82) is 0 Å². The van der Waals surface area contributed by atoms with Gasteiger partial charge in [-0.1, -0.05) is 42.8 Å². The van der Waals surface area contributed by atoms with E-state index in [0.29, 0.717) is 10.0 Å². The van der Waals surface area contributed by atoms with E-state index in [2.05, 4.69) is 21.0 Å². The van der Waals surface area contributed by atoms with Crippen molar-refractivity contribution in [3.05, 3.63) is 51.5 Å². The van der Waals surface area contributed by atoms with E-state index < -0.39 is 6.10 Å². The highest BCUT2D eigenvalue weighted by molar-refractivity contribution is 9.10. The molecule has 21 heavy (non-hydrogen) atoms. The fourth-order valence-electron chi connectivity index (χ4n) is 2.34. The molecular formula is C16H20BrFN2O. The number of rotatable bonds is 3. The zero-order chi connectivity index (χ0) is 15.8. The second-order valence-corrected chi connectivity index (χ2v) is 7.23. The van der Waals surface area contributed by atoms with Crippen LogP contribution in [0.4, 0.5) is 4.39 Å². The molecule has 1 N–H and O–H groups in total. The van der Waals surface area contributed by atoms with Crippen LogP contribution in [-0.4, -0.2) is 14.9 Å². The van der Waals surface area contributed by atoms with E-state index in [0.717, 1.165) is 11.3 Å². The quantitative estimate of drug-likeness (QED) is 0.907. The topological polar surface area (TPSA) is 38.0 Å². The number of benzene rings is 1. The Morgan fingerprint density at radius 2 is 2.05 bits per heavy atom. The summed E-state index contributed by atoms with van der Waals surface area (Å²) in [5.41, 5.74) is 1.92. The summed E-state index contributed by atoms with van der Waals surface area (Å²) < 4.78 is 16.3. The average Bonchev–Trinajstić information content (AvgIpc) is 2.75. The minimum atomic E-state index is -0.774. The molecule has 0 radical (unpaired) electrons. The molecule has 0 saturated heterocycles. The Labute approximate surface area is 132 Å². The van der Waals surface area contributed by atoms with Crippen molar-refractivity contribution in [1.82, 2.24) is 9.78 Å². The van der Waals surface area contributed by atoms with Gasteiger partial charge in [-0.3, -0.25) is 4.68 Å². The molecule has 0 amide bonds. The van der Waals surface area contributed by atoms with Crippen LogP contribution in [0.1, 0.15) is 43.7 Å². The van der Waals surface area contributed by atoms with Crippen LogP contribution in [0.2, 0.25) is 0 Å². The number of aliphatic hydroxyl groups excluding tert-OH is 1. The van der Waals surface area contributed by atoms with Crippen molar-refractivity contribution in [2.45, 2.75) is 38.7 Å². The van der Waals surface area contributed by atoms with Crippen LogP contribution in [0, 0.1) is 5.82 Å². The van der Waals surface area contributed by atoms with Gasteiger partial charge in [0.2, 0.25) is 0 Å². The molecule has 1 aromatic carbocycles. The number of aliphatic hydroxyl groups is 1. The van der Waals surface area contributed by atoms with Crippen LogP contribution in [0.25, 0.3) is 0 Å². The van der Waals surface area contributed by atoms with Gasteiger partial charge in [-0.25, -0.2) is 4.39 Å². The highest BCUT2D eigenvalue weighted by Gasteiger charge is 2.26. The van der Waals surface area contributed by atoms with Crippen molar-refractivity contribution < 1.29 is 9.50 Å². The third-order valence-corrected chi connectivity index (χ3v) is 3.85. The van der Waals surface area contributed by atoms with Crippen LogP contribution >= 0.6 is 15.9 Å². The lowest BCUT2D eigenvalue weighted by Gasteiger charge is -2.20. The maximum atomic E-state index is 13.9. The second kappa shape index (κ2) is 5.89. The first kappa shape index (κ1) is 16.2. The lowest BCUT2D eigenvalue weighted by atomic mass is 9.87. The molecule has 1 heterocycles. The summed E-state index contributed by atoms with van der Waals surface area (Å²) in [6.07, 6.45) is 1.26. The van der Waals surface area contributed by atoms with Gasteiger partial charge >= 0.3 is 0 Å². The monoisotopic (exact) mass is 354 g/mol. The molecule has 0 aliphatic heterocycles. The zero-order valence-electron chi connectivity index (χ0n) is 12.7. The fraction of sp³-hybridized carbons (Fsp3) is 0.438. The first-order valence-electron chi connectivity index (χ1n) is 6.84. The van der Waals surface area contributed by atoms with E-state index >= 15 is 0 Å². The Bertz CT molecular complexity index is 646. The molecule has 0 aliphatic rings. The van der Waals surface area contributed by atoms with Gasteiger partial charge in [0.05, 0.1) is 11.8 Å². The van der Waals surface area contributed by atoms with E-state index in [1.165, 1.54) is 6.07 Å². The summed E-state index contributed by atoms with van der Waals surface area (Å²) in [7, 11) is 1.83. The van der Waals surface area contributed by atoms with Gasteiger partial charge in [-0.2, -0.15) is 5.10 Å². The first-order chi connectivity index (χ1) is 9.68. The lowest BCUT2D eigenvalue weighted by Crippen LogP contribution is -2.17. The maximum absolute atomic E-state index is 13.9. The molecule has 1 atom stereocenters. The van der Waals surface area contributed by atoms with Crippen molar-refractivity contribution in [3.8, 4) is 0 Å². The summed E-state index contributed by atoms with van der Waals surface area (Å²) in [4.78, 5) is 0. The van der Waals surface area contributed by atoms with Crippen molar-refractivity contribution in [2.24, 2.45) is 7.05 Å². The Morgan fingerprint density at radius 3 is 2.62 bits per heavy atom. The van der Waals surface area contributed by atoms with E-state index in [9.17, 15) is 9.50 Å². The number of aryl methyl sites for hydroxylation is 1. The van der Waals surface area contributed by atoms with E-state index in [4.69, 9.17) is 0 Å². The lowest BCUT2D eigenvalue weighted by molar-refractivity contribution is 0.174. The molecule has 2 rings (SSSR count). The molecule has 0 spiro atoms. The van der Waals surface area contributed by atoms with E-state index in [1.807, 2.05) is 34.0 Å². The summed E-state index contributed by atoms with van der Waals surface area (Å²) in [5, 5.41) is 14.9. The molecule has 114 valence electrons. The molecule has 3 nitrogen and oxygen atoms in total. The van der Waals surface area contributed by atoms with Gasteiger partial charge in [0, 0.05) is 35.1 Å². The molecule has 5 heteroatoms. The van der Waals surface area contributed by atoms with Crippen molar-refractivity contribution in [3.63, 3.8) is 0 Å². The van der Waals surface area contributed by atoms with Gasteiger partial charge in [0.25, 0.3) is 0 Å². The molecular weight excluding hydrogens is 335 g/mol. The second-order valence-electron chi connectivity index (χ2n) is 6.31. The largest absolute Gasteiger partial charge is 0.388 e. The minimum Gasteiger partial charge on any atom is -0.388 e. The summed E-state index contributed by atoms with van der Waals surface area (Å²) in [6, 6.07) is 4.88. The predicted octanol–water partition coefficient (Wildman–Crippen LogP) is 3.90. The molecule has 0 bridgehead atoms. The SMILES string of the molecule is Cn1cc(C(O)Cc2ccc(Br)cc2F)c(C(C)(C)C)n1. The molecule has 1 aromatic heterocycles. The van der Waals surface area contributed by atoms with Crippen LogP contribution in [-0.2, 0) is 18.9 Å². The average molecular weight is 355 g/mol. The number of aromatic nitrogens is 2. The molecule has 0 aliphatic carbocycles. The molecule has 0 fully saturated rings. The van der Waals surface area contributed by atoms with Crippen LogP contribution in [0.15, 0.2) is 28.9 Å². The van der Waals surface area contributed by atoms with Gasteiger partial charge < -0.3 is 5.11 Å². The van der Waals surface area contributed by atoms with Crippen molar-refractivity contribution >= 4 is 15.9 Å². The maximum Gasteiger partial charge on any atom is 0.127 e. The Morgan fingerprint density at radius 1 is 1.38 bits per heavy atom. The Kier molecular flexibility index (Phi) is 4.54. The summed E-state index contributed by atoms with van der Waals surface area (Å²) >= 11 is 3.23.